The van der Waals surface area contributed by atoms with Crippen molar-refractivity contribution in [1.82, 2.24) is 4.98 Å². The van der Waals surface area contributed by atoms with Gasteiger partial charge in [-0.05, 0) is 49.4 Å². The quantitative estimate of drug-likeness (QED) is 0.589. The smallest absolute Gasteiger partial charge is 0.194 e. The van der Waals surface area contributed by atoms with E-state index in [0.29, 0.717) is 16.1 Å². The molecule has 0 spiro atoms. The molecule has 0 N–H and O–H groups in total. The fraction of sp³-hybridized carbons (Fsp3) is 0.0588. The number of hydrogen-bond donors (Lipinski definition) is 0. The molecule has 0 bridgehead atoms. The maximum Gasteiger partial charge on any atom is 0.194 e. The monoisotopic (exact) mass is 359 g/mol. The van der Waals surface area contributed by atoms with Crippen molar-refractivity contribution in [1.29, 1.82) is 0 Å². The normalized spacial score (nSPS) is 10.8. The zero-order chi connectivity index (χ0) is 15.0. The zero-order valence-corrected chi connectivity index (χ0v) is 13.6. The van der Waals surface area contributed by atoms with Crippen LogP contribution >= 0.6 is 27.5 Å². The summed E-state index contributed by atoms with van der Waals surface area (Å²) in [4.78, 5) is 17.0. The number of benzene rings is 2. The molecule has 0 unspecified atom stereocenters. The molecule has 3 aromatic rings. The standard InChI is InChI=1S/C17H11BrClNO/c1-10-2-3-11-8-12(4-7-16(11)20-10)17(21)14-6-5-13(18)9-15(14)19/h2-9H,1H3. The minimum absolute atomic E-state index is 0.0880. The van der Waals surface area contributed by atoms with Gasteiger partial charge in [-0.1, -0.05) is 33.6 Å². The molecule has 21 heavy (non-hydrogen) atoms. The average Bonchev–Trinajstić information content (AvgIpc) is 2.46. The summed E-state index contributed by atoms with van der Waals surface area (Å²) < 4.78 is 0.849. The van der Waals surface area contributed by atoms with Crippen molar-refractivity contribution >= 4 is 44.2 Å². The van der Waals surface area contributed by atoms with Crippen molar-refractivity contribution in [3.63, 3.8) is 0 Å². The minimum atomic E-state index is -0.0880. The van der Waals surface area contributed by atoms with Crippen molar-refractivity contribution in [2.24, 2.45) is 0 Å². The Labute approximate surface area is 135 Å². The number of halogens is 2. The average molecular weight is 361 g/mol. The Kier molecular flexibility index (Phi) is 3.79. The minimum Gasteiger partial charge on any atom is -0.289 e. The van der Waals surface area contributed by atoms with Gasteiger partial charge in [-0.3, -0.25) is 9.78 Å². The molecule has 0 amide bonds. The number of aryl methyl sites for hydroxylation is 1. The number of nitrogens with zero attached hydrogens (tertiary/aromatic N) is 1. The molecule has 0 saturated carbocycles. The molecule has 0 aliphatic rings. The lowest BCUT2D eigenvalue weighted by Crippen LogP contribution is -2.02. The fourth-order valence-electron chi connectivity index (χ4n) is 2.20. The molecule has 3 rings (SSSR count). The van der Waals surface area contributed by atoms with E-state index < -0.39 is 0 Å². The van der Waals surface area contributed by atoms with Gasteiger partial charge in [0.15, 0.2) is 5.78 Å². The Morgan fingerprint density at radius 1 is 1.10 bits per heavy atom. The van der Waals surface area contributed by atoms with Crippen LogP contribution in [0.1, 0.15) is 21.6 Å². The summed E-state index contributed by atoms with van der Waals surface area (Å²) in [7, 11) is 0. The first kappa shape index (κ1) is 14.2. The SMILES string of the molecule is Cc1ccc2cc(C(=O)c3ccc(Br)cc3Cl)ccc2n1. The van der Waals surface area contributed by atoms with Gasteiger partial charge in [0.25, 0.3) is 0 Å². The van der Waals surface area contributed by atoms with Crippen LogP contribution in [0, 0.1) is 6.92 Å². The summed E-state index contributed by atoms with van der Waals surface area (Å²) in [5, 5.41) is 1.39. The van der Waals surface area contributed by atoms with Gasteiger partial charge in [0, 0.05) is 26.7 Å². The number of carbonyl (C=O) groups is 1. The van der Waals surface area contributed by atoms with E-state index in [1.807, 2.05) is 37.3 Å². The van der Waals surface area contributed by atoms with E-state index in [2.05, 4.69) is 20.9 Å². The van der Waals surface area contributed by atoms with Crippen molar-refractivity contribution in [2.75, 3.05) is 0 Å². The number of rotatable bonds is 2. The molecule has 2 nitrogen and oxygen atoms in total. The molecular formula is C17H11BrClNO. The molecule has 0 fully saturated rings. The summed E-state index contributed by atoms with van der Waals surface area (Å²) >= 11 is 9.49. The van der Waals surface area contributed by atoms with E-state index in [9.17, 15) is 4.79 Å². The summed E-state index contributed by atoms with van der Waals surface area (Å²) in [5.41, 5.74) is 2.95. The second kappa shape index (κ2) is 5.58. The first-order valence-corrected chi connectivity index (χ1v) is 7.59. The van der Waals surface area contributed by atoms with Gasteiger partial charge in [0.2, 0.25) is 0 Å². The third kappa shape index (κ3) is 2.85. The van der Waals surface area contributed by atoms with Gasteiger partial charge in [-0.25, -0.2) is 0 Å². The maximum atomic E-state index is 12.6. The lowest BCUT2D eigenvalue weighted by atomic mass is 10.0. The van der Waals surface area contributed by atoms with Gasteiger partial charge in [0.05, 0.1) is 10.5 Å². The van der Waals surface area contributed by atoms with Gasteiger partial charge in [0.1, 0.15) is 0 Å². The lowest BCUT2D eigenvalue weighted by molar-refractivity contribution is 0.103. The second-order valence-corrected chi connectivity index (χ2v) is 6.14. The van der Waals surface area contributed by atoms with Crippen LogP contribution in [0.25, 0.3) is 10.9 Å². The number of carbonyl (C=O) groups excluding carboxylic acids is 1. The Balaban J connectivity index is 2.07. The van der Waals surface area contributed by atoms with Crippen LogP contribution in [0.2, 0.25) is 5.02 Å². The highest BCUT2D eigenvalue weighted by Crippen LogP contribution is 2.25. The van der Waals surface area contributed by atoms with Gasteiger partial charge >= 0.3 is 0 Å². The molecule has 4 heteroatoms. The van der Waals surface area contributed by atoms with Gasteiger partial charge < -0.3 is 0 Å². The number of aromatic nitrogens is 1. The highest BCUT2D eigenvalue weighted by molar-refractivity contribution is 9.10. The van der Waals surface area contributed by atoms with E-state index >= 15 is 0 Å². The van der Waals surface area contributed by atoms with Crippen LogP contribution in [0.4, 0.5) is 0 Å². The van der Waals surface area contributed by atoms with Gasteiger partial charge in [-0.15, -0.1) is 0 Å². The summed E-state index contributed by atoms with van der Waals surface area (Å²) in [6.45, 7) is 1.94. The molecule has 0 radical (unpaired) electrons. The molecule has 0 atom stereocenters. The van der Waals surface area contributed by atoms with Crippen LogP contribution in [0.3, 0.4) is 0 Å². The highest BCUT2D eigenvalue weighted by Gasteiger charge is 2.13. The van der Waals surface area contributed by atoms with E-state index in [1.165, 1.54) is 0 Å². The van der Waals surface area contributed by atoms with Crippen LogP contribution in [0.5, 0.6) is 0 Å². The Morgan fingerprint density at radius 3 is 2.67 bits per heavy atom. The van der Waals surface area contributed by atoms with E-state index in [-0.39, 0.29) is 5.78 Å². The fourth-order valence-corrected chi connectivity index (χ4v) is 2.96. The zero-order valence-electron chi connectivity index (χ0n) is 11.2. The third-order valence-electron chi connectivity index (χ3n) is 3.27. The summed E-state index contributed by atoms with van der Waals surface area (Å²) in [6.07, 6.45) is 0. The molecule has 104 valence electrons. The molecule has 2 aromatic carbocycles. The van der Waals surface area contributed by atoms with Crippen molar-refractivity contribution in [2.45, 2.75) is 6.92 Å². The van der Waals surface area contributed by atoms with Gasteiger partial charge in [-0.2, -0.15) is 0 Å². The van der Waals surface area contributed by atoms with Crippen LogP contribution < -0.4 is 0 Å². The number of fused-ring (bicyclic) bond motifs is 1. The number of ketones is 1. The maximum absolute atomic E-state index is 12.6. The predicted molar refractivity (Wildman–Crippen MR) is 89.1 cm³/mol. The number of hydrogen-bond acceptors (Lipinski definition) is 2. The van der Waals surface area contributed by atoms with Crippen LogP contribution in [-0.4, -0.2) is 10.8 Å². The molecular weight excluding hydrogens is 350 g/mol. The first-order chi connectivity index (χ1) is 10.0. The summed E-state index contributed by atoms with van der Waals surface area (Å²) in [6, 6.07) is 14.7. The molecule has 1 heterocycles. The molecule has 0 saturated heterocycles. The molecule has 0 aliphatic carbocycles. The Hall–Kier alpha value is -1.71. The largest absolute Gasteiger partial charge is 0.289 e. The lowest BCUT2D eigenvalue weighted by Gasteiger charge is -2.06. The van der Waals surface area contributed by atoms with E-state index in [0.717, 1.165) is 21.1 Å². The van der Waals surface area contributed by atoms with Crippen molar-refractivity contribution in [3.05, 3.63) is 74.8 Å². The number of pyridine rings is 1. The van der Waals surface area contributed by atoms with Crippen LogP contribution in [0.15, 0.2) is 53.0 Å². The Bertz CT molecular complexity index is 861. The highest BCUT2D eigenvalue weighted by atomic mass is 79.9. The first-order valence-electron chi connectivity index (χ1n) is 6.42. The summed E-state index contributed by atoms with van der Waals surface area (Å²) in [5.74, 6) is -0.0880. The van der Waals surface area contributed by atoms with Crippen LogP contribution in [-0.2, 0) is 0 Å². The molecule has 1 aromatic heterocycles. The van der Waals surface area contributed by atoms with E-state index in [1.54, 1.807) is 18.2 Å². The third-order valence-corrected chi connectivity index (χ3v) is 4.07. The predicted octanol–water partition coefficient (Wildman–Crippen LogP) is 5.19. The molecule has 0 aliphatic heterocycles. The van der Waals surface area contributed by atoms with E-state index in [4.69, 9.17) is 11.6 Å². The second-order valence-electron chi connectivity index (χ2n) is 4.81. The van der Waals surface area contributed by atoms with Crippen molar-refractivity contribution in [3.8, 4) is 0 Å². The topological polar surface area (TPSA) is 30.0 Å². The van der Waals surface area contributed by atoms with Crippen molar-refractivity contribution < 1.29 is 4.79 Å². The Morgan fingerprint density at radius 2 is 1.90 bits per heavy atom.